The first-order chi connectivity index (χ1) is 10.0. The van der Waals surface area contributed by atoms with E-state index in [9.17, 15) is 4.79 Å². The van der Waals surface area contributed by atoms with Crippen LogP contribution in [0.15, 0.2) is 24.3 Å². The number of hydrogen-bond donors (Lipinski definition) is 0. The van der Waals surface area contributed by atoms with Gasteiger partial charge in [-0.1, -0.05) is 23.2 Å². The third-order valence-electron chi connectivity index (χ3n) is 2.74. The summed E-state index contributed by atoms with van der Waals surface area (Å²) < 4.78 is 10.8. The zero-order chi connectivity index (χ0) is 15.4. The van der Waals surface area contributed by atoms with Gasteiger partial charge in [0.05, 0.1) is 23.4 Å². The molecule has 4 nitrogen and oxygen atoms in total. The van der Waals surface area contributed by atoms with Crippen molar-refractivity contribution in [3.63, 3.8) is 0 Å². The molecule has 0 aliphatic carbocycles. The average Bonchev–Trinajstić information content (AvgIpc) is 2.44. The summed E-state index contributed by atoms with van der Waals surface area (Å²) in [7, 11) is 1.58. The van der Waals surface area contributed by atoms with E-state index in [0.29, 0.717) is 34.1 Å². The molecule has 1 aromatic heterocycles. The third-order valence-corrected chi connectivity index (χ3v) is 3.24. The highest BCUT2D eigenvalue weighted by Crippen LogP contribution is 2.32. The molecule has 0 saturated heterocycles. The van der Waals surface area contributed by atoms with Gasteiger partial charge in [-0.05, 0) is 19.1 Å². The molecule has 0 unspecified atom stereocenters. The highest BCUT2D eigenvalue weighted by atomic mass is 35.5. The molecule has 2 aromatic rings. The Kier molecular flexibility index (Phi) is 5.04. The van der Waals surface area contributed by atoms with Gasteiger partial charge < -0.3 is 9.47 Å². The lowest BCUT2D eigenvalue weighted by Gasteiger charge is -2.11. The minimum atomic E-state index is 0.167. The van der Waals surface area contributed by atoms with Gasteiger partial charge in [0.1, 0.15) is 18.1 Å². The van der Waals surface area contributed by atoms with Gasteiger partial charge in [-0.2, -0.15) is 0 Å². The summed E-state index contributed by atoms with van der Waals surface area (Å²) in [5.74, 6) is 0.984. The number of ether oxygens (including phenoxy) is 2. The minimum Gasteiger partial charge on any atom is -0.497 e. The SMILES string of the molecule is COc1cc(C)nc(COc2c(Cl)cc(Cl)cc2C=O)c1. The molecule has 1 aromatic carbocycles. The molecule has 0 N–H and O–H groups in total. The quantitative estimate of drug-likeness (QED) is 0.776. The van der Waals surface area contributed by atoms with Gasteiger partial charge in [0.25, 0.3) is 0 Å². The van der Waals surface area contributed by atoms with Crippen LogP contribution in [0.25, 0.3) is 0 Å². The second-order valence-corrected chi connectivity index (χ2v) is 5.20. The number of halogens is 2. The number of aryl methyl sites for hydroxylation is 1. The topological polar surface area (TPSA) is 48.4 Å². The summed E-state index contributed by atoms with van der Waals surface area (Å²) in [6, 6.07) is 6.60. The Balaban J connectivity index is 2.24. The van der Waals surface area contributed by atoms with E-state index >= 15 is 0 Å². The van der Waals surface area contributed by atoms with Crippen molar-refractivity contribution in [1.82, 2.24) is 4.98 Å². The van der Waals surface area contributed by atoms with Gasteiger partial charge in [0.15, 0.2) is 6.29 Å². The molecule has 0 bridgehead atoms. The summed E-state index contributed by atoms with van der Waals surface area (Å²) >= 11 is 11.9. The summed E-state index contributed by atoms with van der Waals surface area (Å²) in [4.78, 5) is 15.4. The zero-order valence-corrected chi connectivity index (χ0v) is 13.0. The number of pyridine rings is 1. The van der Waals surface area contributed by atoms with Crippen LogP contribution in [-0.4, -0.2) is 18.4 Å². The van der Waals surface area contributed by atoms with Crippen molar-refractivity contribution in [2.75, 3.05) is 7.11 Å². The van der Waals surface area contributed by atoms with Crippen molar-refractivity contribution in [3.05, 3.63) is 51.3 Å². The molecule has 0 saturated carbocycles. The van der Waals surface area contributed by atoms with E-state index in [1.54, 1.807) is 13.2 Å². The highest BCUT2D eigenvalue weighted by molar-refractivity contribution is 6.36. The van der Waals surface area contributed by atoms with Crippen molar-refractivity contribution in [3.8, 4) is 11.5 Å². The van der Waals surface area contributed by atoms with E-state index in [1.807, 2.05) is 13.0 Å². The van der Waals surface area contributed by atoms with Crippen LogP contribution in [0.1, 0.15) is 21.7 Å². The van der Waals surface area contributed by atoms with Gasteiger partial charge in [-0.25, -0.2) is 0 Å². The van der Waals surface area contributed by atoms with Crippen LogP contribution in [0.2, 0.25) is 10.0 Å². The van der Waals surface area contributed by atoms with Crippen LogP contribution in [-0.2, 0) is 6.61 Å². The number of carbonyl (C=O) groups excluding carboxylic acids is 1. The first-order valence-corrected chi connectivity index (χ1v) is 6.87. The maximum atomic E-state index is 11.1. The largest absolute Gasteiger partial charge is 0.497 e. The Morgan fingerprint density at radius 3 is 2.67 bits per heavy atom. The third kappa shape index (κ3) is 3.86. The van der Waals surface area contributed by atoms with Crippen molar-refractivity contribution in [2.45, 2.75) is 13.5 Å². The summed E-state index contributed by atoms with van der Waals surface area (Å²) in [6.45, 7) is 2.03. The van der Waals surface area contributed by atoms with E-state index < -0.39 is 0 Å². The summed E-state index contributed by atoms with van der Waals surface area (Å²) in [6.07, 6.45) is 0.650. The summed E-state index contributed by atoms with van der Waals surface area (Å²) in [5, 5.41) is 0.661. The molecule has 0 aliphatic rings. The molecule has 110 valence electrons. The molecular formula is C15H13Cl2NO3. The first kappa shape index (κ1) is 15.6. The lowest BCUT2D eigenvalue weighted by molar-refractivity contribution is 0.111. The Labute approximate surface area is 132 Å². The molecular weight excluding hydrogens is 313 g/mol. The molecule has 0 amide bonds. The van der Waals surface area contributed by atoms with Crippen LogP contribution in [0.5, 0.6) is 11.5 Å². The molecule has 0 atom stereocenters. The standard InChI is InChI=1S/C15H13Cl2NO3/c1-9-3-13(20-2)6-12(18-9)8-21-15-10(7-19)4-11(16)5-14(15)17/h3-7H,8H2,1-2H3. The monoisotopic (exact) mass is 325 g/mol. The van der Waals surface area contributed by atoms with E-state index in [0.717, 1.165) is 5.69 Å². The molecule has 0 radical (unpaired) electrons. The van der Waals surface area contributed by atoms with Crippen LogP contribution in [0, 0.1) is 6.92 Å². The van der Waals surface area contributed by atoms with Crippen LogP contribution in [0.3, 0.4) is 0 Å². The van der Waals surface area contributed by atoms with Gasteiger partial charge >= 0.3 is 0 Å². The second kappa shape index (κ2) is 6.78. The number of hydrogen-bond acceptors (Lipinski definition) is 4. The van der Waals surface area contributed by atoms with Gasteiger partial charge in [-0.3, -0.25) is 9.78 Å². The summed E-state index contributed by atoms with van der Waals surface area (Å²) in [5.41, 5.74) is 1.78. The molecule has 2 rings (SSSR count). The van der Waals surface area contributed by atoms with E-state index in [4.69, 9.17) is 32.7 Å². The Hall–Kier alpha value is -1.78. The maximum Gasteiger partial charge on any atom is 0.153 e. The molecule has 6 heteroatoms. The van der Waals surface area contributed by atoms with Gasteiger partial charge in [0, 0.05) is 22.8 Å². The fourth-order valence-corrected chi connectivity index (χ4v) is 2.42. The smallest absolute Gasteiger partial charge is 0.153 e. The normalized spacial score (nSPS) is 10.3. The van der Waals surface area contributed by atoms with E-state index in [2.05, 4.69) is 4.98 Å². The predicted octanol–water partition coefficient (Wildman–Crippen LogP) is 4.10. The average molecular weight is 326 g/mol. The number of benzene rings is 1. The van der Waals surface area contributed by atoms with E-state index in [-0.39, 0.29) is 11.6 Å². The maximum absolute atomic E-state index is 11.1. The number of aromatic nitrogens is 1. The first-order valence-electron chi connectivity index (χ1n) is 6.12. The van der Waals surface area contributed by atoms with Gasteiger partial charge in [-0.15, -0.1) is 0 Å². The zero-order valence-electron chi connectivity index (χ0n) is 11.5. The minimum absolute atomic E-state index is 0.167. The lowest BCUT2D eigenvalue weighted by atomic mass is 10.2. The second-order valence-electron chi connectivity index (χ2n) is 4.35. The van der Waals surface area contributed by atoms with Crippen LogP contribution in [0.4, 0.5) is 0 Å². The lowest BCUT2D eigenvalue weighted by Crippen LogP contribution is -2.02. The fraction of sp³-hybridized carbons (Fsp3) is 0.200. The Bertz CT molecular complexity index is 674. The van der Waals surface area contributed by atoms with Gasteiger partial charge in [0.2, 0.25) is 0 Å². The Morgan fingerprint density at radius 1 is 1.24 bits per heavy atom. The Morgan fingerprint density at radius 2 is 2.00 bits per heavy atom. The van der Waals surface area contributed by atoms with Crippen molar-refractivity contribution < 1.29 is 14.3 Å². The fourth-order valence-electron chi connectivity index (χ4n) is 1.86. The van der Waals surface area contributed by atoms with Crippen molar-refractivity contribution in [1.29, 1.82) is 0 Å². The molecule has 1 heterocycles. The van der Waals surface area contributed by atoms with E-state index in [1.165, 1.54) is 12.1 Å². The van der Waals surface area contributed by atoms with Crippen LogP contribution >= 0.6 is 23.2 Å². The molecule has 0 fully saturated rings. The number of carbonyl (C=O) groups is 1. The number of nitrogens with zero attached hydrogens (tertiary/aromatic N) is 1. The number of methoxy groups -OCH3 is 1. The molecule has 21 heavy (non-hydrogen) atoms. The highest BCUT2D eigenvalue weighted by Gasteiger charge is 2.11. The molecule has 0 aliphatic heterocycles. The van der Waals surface area contributed by atoms with Crippen molar-refractivity contribution >= 4 is 29.5 Å². The molecule has 0 spiro atoms. The van der Waals surface area contributed by atoms with Crippen molar-refractivity contribution in [2.24, 2.45) is 0 Å². The predicted molar refractivity (Wildman–Crippen MR) is 81.7 cm³/mol. The number of aldehydes is 1. The van der Waals surface area contributed by atoms with Crippen LogP contribution < -0.4 is 9.47 Å². The number of rotatable bonds is 5.